The second-order valence-electron chi connectivity index (χ2n) is 5.10. The van der Waals surface area contributed by atoms with Gasteiger partial charge in [0.2, 0.25) is 0 Å². The van der Waals surface area contributed by atoms with Crippen molar-refractivity contribution in [2.45, 2.75) is 31.7 Å². The van der Waals surface area contributed by atoms with Crippen LogP contribution in [0.15, 0.2) is 18.3 Å². The first-order valence-electron chi connectivity index (χ1n) is 6.15. The van der Waals surface area contributed by atoms with Gasteiger partial charge in [-0.05, 0) is 43.2 Å². The van der Waals surface area contributed by atoms with Gasteiger partial charge in [0.25, 0.3) is 5.91 Å². The molecule has 0 aliphatic heterocycles. The Bertz CT molecular complexity index is 449. The molecule has 90 valence electrons. The maximum atomic E-state index is 12.1. The van der Waals surface area contributed by atoms with E-state index in [0.717, 1.165) is 12.3 Å². The van der Waals surface area contributed by atoms with Crippen molar-refractivity contribution in [3.63, 3.8) is 0 Å². The molecule has 1 N–H and O–H groups in total. The number of carbonyl (C=O) groups is 1. The predicted octanol–water partition coefficient (Wildman–Crippen LogP) is 2.65. The van der Waals surface area contributed by atoms with Crippen molar-refractivity contribution < 1.29 is 4.79 Å². The Morgan fingerprint density at radius 2 is 2.29 bits per heavy atom. The van der Waals surface area contributed by atoms with E-state index in [1.165, 1.54) is 19.3 Å². The molecule has 2 bridgehead atoms. The Labute approximate surface area is 106 Å². The lowest BCUT2D eigenvalue weighted by molar-refractivity contribution is 0.0922. The average Bonchev–Trinajstić information content (AvgIpc) is 2.91. The fraction of sp³-hybridized carbons (Fsp3) is 0.538. The monoisotopic (exact) mass is 250 g/mol. The standard InChI is InChI=1S/C13H15ClN2O/c14-12-10(2-1-5-15-12)13(17)16-11-7-8-3-4-9(11)6-8/h1-2,5,8-9,11H,3-4,6-7H2,(H,16,17). The third-order valence-corrected chi connectivity index (χ3v) is 4.36. The van der Waals surface area contributed by atoms with E-state index >= 15 is 0 Å². The molecule has 0 saturated heterocycles. The number of amides is 1. The summed E-state index contributed by atoms with van der Waals surface area (Å²) in [6.45, 7) is 0. The molecule has 3 atom stereocenters. The molecule has 1 heterocycles. The Balaban J connectivity index is 1.70. The maximum Gasteiger partial charge on any atom is 0.254 e. The van der Waals surface area contributed by atoms with Crippen molar-refractivity contribution in [1.82, 2.24) is 10.3 Å². The van der Waals surface area contributed by atoms with Crippen molar-refractivity contribution in [3.8, 4) is 0 Å². The first kappa shape index (κ1) is 11.0. The van der Waals surface area contributed by atoms with Crippen molar-refractivity contribution >= 4 is 17.5 Å². The fourth-order valence-electron chi connectivity index (χ4n) is 3.22. The van der Waals surface area contributed by atoms with E-state index in [2.05, 4.69) is 10.3 Å². The number of hydrogen-bond donors (Lipinski definition) is 1. The molecule has 2 aliphatic carbocycles. The number of rotatable bonds is 2. The molecule has 1 aromatic heterocycles. The van der Waals surface area contributed by atoms with Crippen LogP contribution in [0.1, 0.15) is 36.0 Å². The minimum absolute atomic E-state index is 0.0827. The Hall–Kier alpha value is -1.09. The summed E-state index contributed by atoms with van der Waals surface area (Å²) in [6.07, 6.45) is 6.61. The molecule has 17 heavy (non-hydrogen) atoms. The Morgan fingerprint density at radius 1 is 1.41 bits per heavy atom. The van der Waals surface area contributed by atoms with Crippen LogP contribution in [0.3, 0.4) is 0 Å². The number of fused-ring (bicyclic) bond motifs is 2. The zero-order valence-electron chi connectivity index (χ0n) is 9.53. The smallest absolute Gasteiger partial charge is 0.254 e. The molecule has 2 aliphatic rings. The SMILES string of the molecule is O=C(NC1CC2CCC1C2)c1cccnc1Cl. The van der Waals surface area contributed by atoms with Crippen molar-refractivity contribution in [2.75, 3.05) is 0 Å². The van der Waals surface area contributed by atoms with Crippen LogP contribution >= 0.6 is 11.6 Å². The topological polar surface area (TPSA) is 42.0 Å². The first-order chi connectivity index (χ1) is 8.24. The van der Waals surface area contributed by atoms with Crippen molar-refractivity contribution in [3.05, 3.63) is 29.0 Å². The van der Waals surface area contributed by atoms with E-state index in [1.54, 1.807) is 18.3 Å². The van der Waals surface area contributed by atoms with E-state index in [-0.39, 0.29) is 11.1 Å². The summed E-state index contributed by atoms with van der Waals surface area (Å²) in [6, 6.07) is 3.80. The highest BCUT2D eigenvalue weighted by atomic mass is 35.5. The van der Waals surface area contributed by atoms with Gasteiger partial charge in [-0.25, -0.2) is 4.98 Å². The maximum absolute atomic E-state index is 12.1. The van der Waals surface area contributed by atoms with Crippen LogP contribution in [0.25, 0.3) is 0 Å². The van der Waals surface area contributed by atoms with Crippen molar-refractivity contribution in [1.29, 1.82) is 0 Å². The van der Waals surface area contributed by atoms with Gasteiger partial charge in [-0.1, -0.05) is 18.0 Å². The van der Waals surface area contributed by atoms with Crippen LogP contribution in [0.2, 0.25) is 5.15 Å². The molecule has 3 rings (SSSR count). The number of hydrogen-bond acceptors (Lipinski definition) is 2. The zero-order valence-corrected chi connectivity index (χ0v) is 10.3. The quantitative estimate of drug-likeness (QED) is 0.820. The largest absolute Gasteiger partial charge is 0.349 e. The second kappa shape index (κ2) is 4.30. The molecule has 0 spiro atoms. The van der Waals surface area contributed by atoms with Gasteiger partial charge in [0.1, 0.15) is 5.15 Å². The molecule has 1 aromatic rings. The number of pyridine rings is 1. The Morgan fingerprint density at radius 3 is 2.94 bits per heavy atom. The van der Waals surface area contributed by atoms with E-state index in [1.807, 2.05) is 0 Å². The highest BCUT2D eigenvalue weighted by Crippen LogP contribution is 2.44. The van der Waals surface area contributed by atoms with Crippen LogP contribution < -0.4 is 5.32 Å². The molecule has 0 radical (unpaired) electrons. The normalized spacial score (nSPS) is 30.5. The predicted molar refractivity (Wildman–Crippen MR) is 65.9 cm³/mol. The van der Waals surface area contributed by atoms with Gasteiger partial charge >= 0.3 is 0 Å². The summed E-state index contributed by atoms with van der Waals surface area (Å²) >= 11 is 5.91. The molecule has 3 nitrogen and oxygen atoms in total. The van der Waals surface area contributed by atoms with Crippen LogP contribution in [-0.2, 0) is 0 Å². The number of halogens is 1. The lowest BCUT2D eigenvalue weighted by atomic mass is 9.95. The van der Waals surface area contributed by atoms with E-state index in [9.17, 15) is 4.79 Å². The number of nitrogens with zero attached hydrogens (tertiary/aromatic N) is 1. The average molecular weight is 251 g/mol. The van der Waals surface area contributed by atoms with Crippen LogP contribution in [0.5, 0.6) is 0 Å². The van der Waals surface area contributed by atoms with Crippen molar-refractivity contribution in [2.24, 2.45) is 11.8 Å². The molecular formula is C13H15ClN2O. The van der Waals surface area contributed by atoms with Crippen LogP contribution in [0, 0.1) is 11.8 Å². The highest BCUT2D eigenvalue weighted by molar-refractivity contribution is 6.32. The molecule has 1 amide bonds. The van der Waals surface area contributed by atoms with Crippen LogP contribution in [-0.4, -0.2) is 16.9 Å². The molecule has 2 saturated carbocycles. The molecule has 3 unspecified atom stereocenters. The van der Waals surface area contributed by atoms with Gasteiger partial charge in [-0.2, -0.15) is 0 Å². The number of nitrogens with one attached hydrogen (secondary N) is 1. The number of aromatic nitrogens is 1. The van der Waals surface area contributed by atoms with Gasteiger partial charge < -0.3 is 5.32 Å². The summed E-state index contributed by atoms with van der Waals surface area (Å²) in [5.41, 5.74) is 0.483. The summed E-state index contributed by atoms with van der Waals surface area (Å²) < 4.78 is 0. The van der Waals surface area contributed by atoms with Gasteiger partial charge in [-0.15, -0.1) is 0 Å². The lowest BCUT2D eigenvalue weighted by Gasteiger charge is -2.22. The van der Waals surface area contributed by atoms with E-state index in [4.69, 9.17) is 11.6 Å². The summed E-state index contributed by atoms with van der Waals surface area (Å²) in [7, 11) is 0. The zero-order chi connectivity index (χ0) is 11.8. The highest BCUT2D eigenvalue weighted by Gasteiger charge is 2.40. The third-order valence-electron chi connectivity index (χ3n) is 4.06. The fourth-order valence-corrected chi connectivity index (χ4v) is 3.43. The summed E-state index contributed by atoms with van der Waals surface area (Å²) in [5.74, 6) is 1.43. The summed E-state index contributed by atoms with van der Waals surface area (Å²) in [4.78, 5) is 16.0. The lowest BCUT2D eigenvalue weighted by Crippen LogP contribution is -2.38. The third kappa shape index (κ3) is 2.04. The molecule has 4 heteroatoms. The van der Waals surface area contributed by atoms with Gasteiger partial charge in [-0.3, -0.25) is 4.79 Å². The van der Waals surface area contributed by atoms with Gasteiger partial charge in [0.15, 0.2) is 0 Å². The van der Waals surface area contributed by atoms with E-state index < -0.39 is 0 Å². The van der Waals surface area contributed by atoms with E-state index in [0.29, 0.717) is 17.5 Å². The minimum Gasteiger partial charge on any atom is -0.349 e. The number of carbonyl (C=O) groups excluding carboxylic acids is 1. The Kier molecular flexibility index (Phi) is 2.79. The van der Waals surface area contributed by atoms with Gasteiger partial charge in [0, 0.05) is 12.2 Å². The minimum atomic E-state index is -0.0827. The summed E-state index contributed by atoms with van der Waals surface area (Å²) in [5, 5.41) is 3.39. The molecule has 2 fully saturated rings. The van der Waals surface area contributed by atoms with Crippen LogP contribution in [0.4, 0.5) is 0 Å². The molecule has 0 aromatic carbocycles. The molecular weight excluding hydrogens is 236 g/mol. The first-order valence-corrected chi connectivity index (χ1v) is 6.53. The second-order valence-corrected chi connectivity index (χ2v) is 5.45. The van der Waals surface area contributed by atoms with Gasteiger partial charge in [0.05, 0.1) is 5.56 Å².